The van der Waals surface area contributed by atoms with Gasteiger partial charge in [-0.25, -0.2) is 0 Å². The first kappa shape index (κ1) is 19.6. The van der Waals surface area contributed by atoms with Crippen LogP contribution in [0, 0.1) is 6.92 Å². The van der Waals surface area contributed by atoms with E-state index in [-0.39, 0.29) is 0 Å². The molecular formula is C24H20F3NS. The maximum atomic E-state index is 12.7. The van der Waals surface area contributed by atoms with Crippen molar-refractivity contribution in [3.8, 4) is 0 Å². The summed E-state index contributed by atoms with van der Waals surface area (Å²) in [7, 11) is 0. The van der Waals surface area contributed by atoms with Crippen LogP contribution in [0.5, 0.6) is 0 Å². The van der Waals surface area contributed by atoms with E-state index in [0.717, 1.165) is 40.0 Å². The summed E-state index contributed by atoms with van der Waals surface area (Å²) in [4.78, 5) is 1.13. The zero-order valence-electron chi connectivity index (χ0n) is 15.9. The molecule has 0 unspecified atom stereocenters. The molecule has 5 heteroatoms. The van der Waals surface area contributed by atoms with Gasteiger partial charge in [-0.3, -0.25) is 0 Å². The number of benzene rings is 3. The van der Waals surface area contributed by atoms with Gasteiger partial charge in [0.1, 0.15) is 0 Å². The number of alkyl halides is 3. The van der Waals surface area contributed by atoms with Crippen LogP contribution in [0.4, 0.5) is 13.2 Å². The second-order valence-corrected chi connectivity index (χ2v) is 8.07. The molecule has 0 aliphatic rings. The fourth-order valence-corrected chi connectivity index (χ4v) is 4.43. The van der Waals surface area contributed by atoms with Gasteiger partial charge in [0, 0.05) is 34.3 Å². The lowest BCUT2D eigenvalue weighted by Gasteiger charge is -2.08. The Morgan fingerprint density at radius 1 is 0.862 bits per heavy atom. The average molecular weight is 411 g/mol. The molecule has 0 saturated carbocycles. The summed E-state index contributed by atoms with van der Waals surface area (Å²) < 4.78 is 40.5. The van der Waals surface area contributed by atoms with E-state index in [1.54, 1.807) is 23.9 Å². The molecule has 3 aromatic carbocycles. The zero-order valence-corrected chi connectivity index (χ0v) is 16.7. The van der Waals surface area contributed by atoms with Crippen LogP contribution in [0.15, 0.2) is 83.9 Å². The summed E-state index contributed by atoms with van der Waals surface area (Å²) in [5, 5.41) is 1.16. The predicted octanol–water partition coefficient (Wildman–Crippen LogP) is 7.31. The highest BCUT2D eigenvalue weighted by atomic mass is 32.2. The van der Waals surface area contributed by atoms with Crippen molar-refractivity contribution in [1.82, 2.24) is 4.57 Å². The van der Waals surface area contributed by atoms with E-state index in [0.29, 0.717) is 5.75 Å². The maximum Gasteiger partial charge on any atom is 0.416 e. The van der Waals surface area contributed by atoms with Crippen LogP contribution in [-0.2, 0) is 18.5 Å². The minimum atomic E-state index is -4.30. The number of halogens is 3. The maximum absolute atomic E-state index is 12.7. The number of nitrogens with zero attached hydrogens (tertiary/aromatic N) is 1. The van der Waals surface area contributed by atoms with Crippen LogP contribution in [0.3, 0.4) is 0 Å². The summed E-state index contributed by atoms with van der Waals surface area (Å²) in [6, 6.07) is 22.0. The van der Waals surface area contributed by atoms with Crippen LogP contribution < -0.4 is 0 Å². The molecule has 0 radical (unpaired) electrons. The summed E-state index contributed by atoms with van der Waals surface area (Å²) in [5.41, 5.74) is 3.95. The molecule has 4 aromatic rings. The molecule has 29 heavy (non-hydrogen) atoms. The lowest BCUT2D eigenvalue weighted by atomic mass is 10.1. The Morgan fingerprint density at radius 3 is 2.28 bits per heavy atom. The number of hydrogen-bond donors (Lipinski definition) is 0. The van der Waals surface area contributed by atoms with Gasteiger partial charge < -0.3 is 4.57 Å². The third-order valence-electron chi connectivity index (χ3n) is 5.03. The third kappa shape index (κ3) is 4.35. The normalized spacial score (nSPS) is 11.9. The highest BCUT2D eigenvalue weighted by Crippen LogP contribution is 2.34. The molecule has 0 aliphatic carbocycles. The molecule has 0 bridgehead atoms. The van der Waals surface area contributed by atoms with E-state index >= 15 is 0 Å². The fraction of sp³-hybridized carbons (Fsp3) is 0.167. The molecule has 0 atom stereocenters. The fourth-order valence-electron chi connectivity index (χ4n) is 3.38. The van der Waals surface area contributed by atoms with Crippen molar-refractivity contribution in [3.63, 3.8) is 0 Å². The standard InChI is InChI=1S/C24H20F3NS/c1-17-6-2-3-7-19(17)14-28-15-23(21-8-4-5-9-22(21)28)29-16-18-10-12-20(13-11-18)24(25,26)27/h2-13,15H,14,16H2,1H3. The van der Waals surface area contributed by atoms with Crippen molar-refractivity contribution >= 4 is 22.7 Å². The molecule has 0 saturated heterocycles. The Kier molecular flexibility index (Phi) is 5.41. The van der Waals surface area contributed by atoms with Gasteiger partial charge >= 0.3 is 6.18 Å². The second kappa shape index (κ2) is 7.99. The Balaban J connectivity index is 1.57. The van der Waals surface area contributed by atoms with E-state index in [1.807, 2.05) is 24.3 Å². The first-order chi connectivity index (χ1) is 13.9. The molecule has 0 fully saturated rings. The van der Waals surface area contributed by atoms with Crippen LogP contribution in [0.25, 0.3) is 10.9 Å². The average Bonchev–Trinajstić information content (AvgIpc) is 3.06. The van der Waals surface area contributed by atoms with Crippen LogP contribution in [0.1, 0.15) is 22.3 Å². The number of hydrogen-bond acceptors (Lipinski definition) is 1. The number of fused-ring (bicyclic) bond motifs is 1. The number of para-hydroxylation sites is 1. The summed E-state index contributed by atoms with van der Waals surface area (Å²) in [5.74, 6) is 0.622. The summed E-state index contributed by atoms with van der Waals surface area (Å²) >= 11 is 1.65. The van der Waals surface area contributed by atoms with E-state index in [2.05, 4.69) is 42.0 Å². The van der Waals surface area contributed by atoms with Crippen LogP contribution in [0.2, 0.25) is 0 Å². The molecule has 0 N–H and O–H groups in total. The van der Waals surface area contributed by atoms with Crippen molar-refractivity contribution in [3.05, 3.63) is 101 Å². The van der Waals surface area contributed by atoms with Crippen molar-refractivity contribution < 1.29 is 13.2 Å². The van der Waals surface area contributed by atoms with Crippen molar-refractivity contribution in [1.29, 1.82) is 0 Å². The molecule has 0 aliphatic heterocycles. The van der Waals surface area contributed by atoms with Gasteiger partial charge in [-0.2, -0.15) is 13.2 Å². The first-order valence-corrected chi connectivity index (χ1v) is 10.3. The zero-order chi connectivity index (χ0) is 20.4. The molecule has 148 valence electrons. The van der Waals surface area contributed by atoms with Gasteiger partial charge in [0.05, 0.1) is 5.56 Å². The predicted molar refractivity (Wildman–Crippen MR) is 113 cm³/mol. The van der Waals surface area contributed by atoms with Crippen LogP contribution in [-0.4, -0.2) is 4.57 Å². The van der Waals surface area contributed by atoms with Gasteiger partial charge in [-0.1, -0.05) is 54.6 Å². The van der Waals surface area contributed by atoms with E-state index < -0.39 is 11.7 Å². The molecule has 1 nitrogen and oxygen atoms in total. The SMILES string of the molecule is Cc1ccccc1Cn1cc(SCc2ccc(C(F)(F)F)cc2)c2ccccc21. The van der Waals surface area contributed by atoms with Gasteiger partial charge in [-0.15, -0.1) is 11.8 Å². The number of aromatic nitrogens is 1. The van der Waals surface area contributed by atoms with E-state index in [9.17, 15) is 13.2 Å². The minimum Gasteiger partial charge on any atom is -0.342 e. The number of rotatable bonds is 5. The van der Waals surface area contributed by atoms with E-state index in [4.69, 9.17) is 0 Å². The molecule has 0 amide bonds. The summed E-state index contributed by atoms with van der Waals surface area (Å²) in [6.07, 6.45) is -2.15. The monoisotopic (exact) mass is 411 g/mol. The smallest absolute Gasteiger partial charge is 0.342 e. The molecule has 1 heterocycles. The van der Waals surface area contributed by atoms with Gasteiger partial charge in [0.25, 0.3) is 0 Å². The van der Waals surface area contributed by atoms with E-state index in [1.165, 1.54) is 11.1 Å². The van der Waals surface area contributed by atoms with Crippen LogP contribution >= 0.6 is 11.8 Å². The Labute approximate surface area is 172 Å². The topological polar surface area (TPSA) is 4.93 Å². The molecule has 0 spiro atoms. The van der Waals surface area contributed by atoms with Crippen molar-refractivity contribution in [2.45, 2.75) is 30.3 Å². The summed E-state index contributed by atoms with van der Waals surface area (Å²) in [6.45, 7) is 2.90. The van der Waals surface area contributed by atoms with Crippen molar-refractivity contribution in [2.24, 2.45) is 0 Å². The van der Waals surface area contributed by atoms with Gasteiger partial charge in [-0.05, 0) is 41.8 Å². The largest absolute Gasteiger partial charge is 0.416 e. The third-order valence-corrected chi connectivity index (χ3v) is 6.14. The minimum absolute atomic E-state index is 0.610. The van der Waals surface area contributed by atoms with Gasteiger partial charge in [0.2, 0.25) is 0 Å². The highest BCUT2D eigenvalue weighted by molar-refractivity contribution is 7.98. The number of thioether (sulfide) groups is 1. The molecular weight excluding hydrogens is 391 g/mol. The molecule has 4 rings (SSSR count). The number of aryl methyl sites for hydroxylation is 1. The Morgan fingerprint density at radius 2 is 1.55 bits per heavy atom. The second-order valence-electron chi connectivity index (χ2n) is 7.05. The lowest BCUT2D eigenvalue weighted by molar-refractivity contribution is -0.137. The molecule has 1 aromatic heterocycles. The Hall–Kier alpha value is -2.66. The quantitative estimate of drug-likeness (QED) is 0.312. The highest BCUT2D eigenvalue weighted by Gasteiger charge is 2.29. The first-order valence-electron chi connectivity index (χ1n) is 9.33. The van der Waals surface area contributed by atoms with Crippen molar-refractivity contribution in [2.75, 3.05) is 0 Å². The Bertz CT molecular complexity index is 1130. The van der Waals surface area contributed by atoms with Gasteiger partial charge in [0.15, 0.2) is 0 Å². The lowest BCUT2D eigenvalue weighted by Crippen LogP contribution is -2.04.